The highest BCUT2D eigenvalue weighted by Gasteiger charge is 2.38. The molecule has 0 radical (unpaired) electrons. The maximum Gasteiger partial charge on any atom is 0.313 e. The van der Waals surface area contributed by atoms with Crippen molar-refractivity contribution in [1.29, 1.82) is 0 Å². The maximum absolute atomic E-state index is 12.8. The summed E-state index contributed by atoms with van der Waals surface area (Å²) in [6.45, 7) is 7.26. The van der Waals surface area contributed by atoms with Crippen LogP contribution in [-0.2, 0) is 25.8 Å². The summed E-state index contributed by atoms with van der Waals surface area (Å²) in [7, 11) is -2.00. The number of fused-ring (bicyclic) bond motifs is 1. The van der Waals surface area contributed by atoms with Gasteiger partial charge in [-0.3, -0.25) is 4.79 Å². The van der Waals surface area contributed by atoms with Gasteiger partial charge in [-0.1, -0.05) is 99.6 Å². The van der Waals surface area contributed by atoms with Gasteiger partial charge in [0.25, 0.3) is 9.04 Å². The SMILES string of the molecule is CC(C)(C)c1cccc2c1CCC(O[SiH](c1ccccc1)c1ccccc1)=C2C1CCOC1=O. The third-order valence-electron chi connectivity index (χ3n) is 6.93. The fourth-order valence-electron chi connectivity index (χ4n) is 5.32. The van der Waals surface area contributed by atoms with Gasteiger partial charge in [-0.2, -0.15) is 0 Å². The van der Waals surface area contributed by atoms with Crippen LogP contribution in [0.3, 0.4) is 0 Å². The zero-order valence-electron chi connectivity index (χ0n) is 20.2. The number of cyclic esters (lactones) is 1. The lowest BCUT2D eigenvalue weighted by molar-refractivity contribution is -0.139. The van der Waals surface area contributed by atoms with Crippen LogP contribution < -0.4 is 10.4 Å². The number of carbonyl (C=O) groups excluding carboxylic acids is 1. The summed E-state index contributed by atoms with van der Waals surface area (Å²) in [5.41, 5.74) is 4.98. The first-order valence-electron chi connectivity index (χ1n) is 12.2. The summed E-state index contributed by atoms with van der Waals surface area (Å²) < 4.78 is 12.5. The summed E-state index contributed by atoms with van der Waals surface area (Å²) in [5, 5.41) is 2.48. The van der Waals surface area contributed by atoms with Gasteiger partial charge in [0.05, 0.1) is 18.3 Å². The van der Waals surface area contributed by atoms with Crippen LogP contribution in [0.2, 0.25) is 0 Å². The Morgan fingerprint density at radius 3 is 2.06 bits per heavy atom. The van der Waals surface area contributed by atoms with Crippen LogP contribution in [0.4, 0.5) is 0 Å². The first-order valence-corrected chi connectivity index (χ1v) is 13.8. The van der Waals surface area contributed by atoms with Gasteiger partial charge < -0.3 is 9.16 Å². The van der Waals surface area contributed by atoms with E-state index in [0.717, 1.165) is 24.2 Å². The molecule has 3 aromatic carbocycles. The highest BCUT2D eigenvalue weighted by molar-refractivity contribution is 6.80. The monoisotopic (exact) mass is 468 g/mol. The molecule has 1 unspecified atom stereocenters. The molecule has 4 heteroatoms. The van der Waals surface area contributed by atoms with Gasteiger partial charge in [0.1, 0.15) is 0 Å². The molecular weight excluding hydrogens is 436 g/mol. The van der Waals surface area contributed by atoms with Crippen molar-refractivity contribution in [2.45, 2.75) is 45.4 Å². The highest BCUT2D eigenvalue weighted by Crippen LogP contribution is 2.43. The molecule has 1 saturated heterocycles. The minimum atomic E-state index is -2.00. The van der Waals surface area contributed by atoms with Crippen molar-refractivity contribution in [3.8, 4) is 0 Å². The van der Waals surface area contributed by atoms with Crippen molar-refractivity contribution in [3.05, 3.63) is 101 Å². The number of benzene rings is 3. The van der Waals surface area contributed by atoms with Gasteiger partial charge in [0, 0.05) is 12.0 Å². The van der Waals surface area contributed by atoms with E-state index in [1.807, 2.05) is 12.1 Å². The van der Waals surface area contributed by atoms with E-state index in [4.69, 9.17) is 9.16 Å². The van der Waals surface area contributed by atoms with Crippen LogP contribution in [0.15, 0.2) is 84.6 Å². The average Bonchev–Trinajstić information content (AvgIpc) is 3.27. The van der Waals surface area contributed by atoms with E-state index in [0.29, 0.717) is 13.0 Å². The molecule has 2 aliphatic rings. The standard InChI is InChI=1S/C30H32O3Si/c1-30(2,3)26-16-10-15-24-23(26)17-18-27(28(24)25-19-20-32-29(25)31)33-34(21-11-6-4-7-12-21)22-13-8-5-9-14-22/h4-16,25,34H,17-20H2,1-3H3. The van der Waals surface area contributed by atoms with E-state index < -0.39 is 9.04 Å². The van der Waals surface area contributed by atoms with Crippen LogP contribution in [0.5, 0.6) is 0 Å². The normalized spacial score (nSPS) is 18.1. The quantitative estimate of drug-likeness (QED) is 0.400. The minimum Gasteiger partial charge on any atom is -0.540 e. The molecule has 1 heterocycles. The Bertz CT molecular complexity index is 1170. The van der Waals surface area contributed by atoms with Gasteiger partial charge in [0.2, 0.25) is 0 Å². The second-order valence-electron chi connectivity index (χ2n) is 10.2. The number of hydrogen-bond acceptors (Lipinski definition) is 3. The Hall–Kier alpha value is -3.11. The topological polar surface area (TPSA) is 35.5 Å². The summed E-state index contributed by atoms with van der Waals surface area (Å²) in [4.78, 5) is 12.8. The third-order valence-corrected chi connectivity index (χ3v) is 9.43. The molecule has 1 aliphatic carbocycles. The Labute approximate surface area is 204 Å². The Morgan fingerprint density at radius 1 is 0.853 bits per heavy atom. The van der Waals surface area contributed by atoms with E-state index >= 15 is 0 Å². The highest BCUT2D eigenvalue weighted by atomic mass is 28.3. The summed E-state index contributed by atoms with van der Waals surface area (Å²) >= 11 is 0. The fraction of sp³-hybridized carbons (Fsp3) is 0.300. The minimum absolute atomic E-state index is 0.0381. The predicted molar refractivity (Wildman–Crippen MR) is 140 cm³/mol. The van der Waals surface area contributed by atoms with Gasteiger partial charge in [-0.25, -0.2) is 0 Å². The Morgan fingerprint density at radius 2 is 1.50 bits per heavy atom. The molecule has 0 saturated carbocycles. The molecule has 0 aromatic heterocycles. The van der Waals surface area contributed by atoms with Crippen LogP contribution in [-0.4, -0.2) is 21.6 Å². The Kier molecular flexibility index (Phi) is 6.18. The van der Waals surface area contributed by atoms with Crippen molar-refractivity contribution in [3.63, 3.8) is 0 Å². The zero-order valence-corrected chi connectivity index (χ0v) is 21.4. The fourth-order valence-corrected chi connectivity index (χ4v) is 7.65. The lowest BCUT2D eigenvalue weighted by Crippen LogP contribution is -2.45. The van der Waals surface area contributed by atoms with E-state index in [1.54, 1.807) is 0 Å². The molecule has 34 heavy (non-hydrogen) atoms. The summed E-state index contributed by atoms with van der Waals surface area (Å²) in [6, 6.07) is 27.6. The number of allylic oxidation sites excluding steroid dienone is 1. The van der Waals surface area contributed by atoms with E-state index in [-0.39, 0.29) is 17.3 Å². The first-order chi connectivity index (χ1) is 16.4. The first kappa shape index (κ1) is 22.7. The van der Waals surface area contributed by atoms with Crippen LogP contribution in [0, 0.1) is 5.92 Å². The van der Waals surface area contributed by atoms with E-state index in [1.165, 1.54) is 27.1 Å². The van der Waals surface area contributed by atoms with E-state index in [2.05, 4.69) is 87.5 Å². The Balaban J connectivity index is 1.66. The van der Waals surface area contributed by atoms with Gasteiger partial charge in [-0.15, -0.1) is 0 Å². The van der Waals surface area contributed by atoms with Crippen molar-refractivity contribution >= 4 is 31.0 Å². The van der Waals surface area contributed by atoms with Crippen molar-refractivity contribution < 1.29 is 14.0 Å². The van der Waals surface area contributed by atoms with E-state index in [9.17, 15) is 4.79 Å². The molecule has 1 fully saturated rings. The lowest BCUT2D eigenvalue weighted by atomic mass is 9.75. The van der Waals surface area contributed by atoms with Gasteiger partial charge in [0.15, 0.2) is 0 Å². The molecule has 1 atom stereocenters. The second-order valence-corrected chi connectivity index (χ2v) is 12.6. The molecule has 3 aromatic rings. The van der Waals surface area contributed by atoms with Gasteiger partial charge >= 0.3 is 5.97 Å². The molecule has 0 N–H and O–H groups in total. The van der Waals surface area contributed by atoms with Crippen LogP contribution in [0.25, 0.3) is 5.57 Å². The maximum atomic E-state index is 12.8. The van der Waals surface area contributed by atoms with Crippen molar-refractivity contribution in [1.82, 2.24) is 0 Å². The molecule has 0 spiro atoms. The largest absolute Gasteiger partial charge is 0.540 e. The summed E-state index contributed by atoms with van der Waals surface area (Å²) in [6.07, 6.45) is 2.44. The molecule has 3 nitrogen and oxygen atoms in total. The molecule has 174 valence electrons. The molecule has 0 amide bonds. The predicted octanol–water partition coefficient (Wildman–Crippen LogP) is 4.76. The zero-order chi connectivity index (χ0) is 23.7. The molecule has 1 aliphatic heterocycles. The van der Waals surface area contributed by atoms with Gasteiger partial charge in [-0.05, 0) is 45.3 Å². The number of esters is 1. The summed E-state index contributed by atoms with van der Waals surface area (Å²) in [5.74, 6) is 0.597. The van der Waals surface area contributed by atoms with Crippen LogP contribution >= 0.6 is 0 Å². The second kappa shape index (κ2) is 9.26. The molecule has 5 rings (SSSR count). The number of hydrogen-bond donors (Lipinski definition) is 0. The number of rotatable bonds is 5. The van der Waals surface area contributed by atoms with Crippen LogP contribution in [0.1, 0.15) is 50.3 Å². The number of ether oxygens (including phenoxy) is 1. The average molecular weight is 469 g/mol. The van der Waals surface area contributed by atoms with Crippen molar-refractivity contribution in [2.75, 3.05) is 6.61 Å². The smallest absolute Gasteiger partial charge is 0.313 e. The number of carbonyl (C=O) groups is 1. The molecular formula is C30H32O3Si. The molecule has 0 bridgehead atoms. The van der Waals surface area contributed by atoms with Crippen molar-refractivity contribution in [2.24, 2.45) is 5.92 Å². The third kappa shape index (κ3) is 4.35. The lowest BCUT2D eigenvalue weighted by Gasteiger charge is -2.33.